The van der Waals surface area contributed by atoms with Gasteiger partial charge in [0.2, 0.25) is 0 Å². The van der Waals surface area contributed by atoms with Crippen molar-refractivity contribution in [1.82, 2.24) is 9.97 Å². The zero-order valence-electron chi connectivity index (χ0n) is 12.5. The van der Waals surface area contributed by atoms with Crippen LogP contribution in [0.15, 0.2) is 0 Å². The second kappa shape index (κ2) is 4.73. The monoisotopic (exact) mass is 261 g/mol. The first-order valence-electron chi connectivity index (χ1n) is 6.18. The molecular weight excluding hydrogens is 238 g/mol. The van der Waals surface area contributed by atoms with Crippen LogP contribution in [-0.2, 0) is 0 Å². The fourth-order valence-electron chi connectivity index (χ4n) is 1.12. The van der Waals surface area contributed by atoms with E-state index >= 15 is 0 Å². The Labute approximate surface area is 111 Å². The number of aryl methyl sites for hydroxylation is 2. The Bertz CT molecular complexity index is 516. The van der Waals surface area contributed by atoms with Gasteiger partial charge in [-0.25, -0.2) is 9.97 Å². The smallest absolute Gasteiger partial charge is 0.158 e. The molecule has 0 amide bonds. The molecule has 0 fully saturated rings. The van der Waals surface area contributed by atoms with Crippen LogP contribution in [0.1, 0.15) is 37.9 Å². The van der Waals surface area contributed by atoms with Crippen molar-refractivity contribution < 1.29 is 0 Å². The first kappa shape index (κ1) is 14.7. The Morgan fingerprint density at radius 3 is 2.06 bits per heavy atom. The lowest BCUT2D eigenvalue weighted by Crippen LogP contribution is -2.35. The van der Waals surface area contributed by atoms with Crippen LogP contribution in [0.4, 0.5) is 5.82 Å². The fraction of sp³-hybridized carbons (Fsp3) is 0.571. The lowest BCUT2D eigenvalue weighted by Gasteiger charge is -2.31. The minimum Gasteiger partial charge on any atom is -0.381 e. The maximum Gasteiger partial charge on any atom is 0.158 e. The van der Waals surface area contributed by atoms with Crippen molar-refractivity contribution in [3.63, 3.8) is 0 Å². The average molecular weight is 261 g/mol. The third kappa shape index (κ3) is 3.11. The van der Waals surface area contributed by atoms with Gasteiger partial charge in [-0.1, -0.05) is 39.8 Å². The first-order valence-corrected chi connectivity index (χ1v) is 9.18. The van der Waals surface area contributed by atoms with Gasteiger partial charge in [0.1, 0.15) is 8.07 Å². The van der Waals surface area contributed by atoms with Crippen molar-refractivity contribution >= 4 is 13.9 Å². The Morgan fingerprint density at radius 2 is 1.56 bits per heavy atom. The van der Waals surface area contributed by atoms with E-state index < -0.39 is 8.07 Å². The number of anilines is 1. The molecule has 1 rings (SSSR count). The van der Waals surface area contributed by atoms with Crippen LogP contribution in [0, 0.1) is 25.3 Å². The summed E-state index contributed by atoms with van der Waals surface area (Å²) in [6.45, 7) is 15.1. The highest BCUT2D eigenvalue weighted by Crippen LogP contribution is 2.35. The summed E-state index contributed by atoms with van der Waals surface area (Å²) in [6, 6.07) is 0. The fourth-order valence-corrected chi connectivity index (χ4v) is 1.92. The van der Waals surface area contributed by atoms with Crippen LogP contribution in [0.5, 0.6) is 0 Å². The predicted molar refractivity (Wildman–Crippen MR) is 80.0 cm³/mol. The molecule has 18 heavy (non-hydrogen) atoms. The second-order valence-corrected chi connectivity index (χ2v) is 11.3. The Morgan fingerprint density at radius 1 is 1.06 bits per heavy atom. The first-order chi connectivity index (χ1) is 8.04. The predicted octanol–water partition coefficient (Wildman–Crippen LogP) is 3.07. The molecule has 0 spiro atoms. The molecule has 3 nitrogen and oxygen atoms in total. The van der Waals surface area contributed by atoms with Crippen LogP contribution >= 0.6 is 0 Å². The van der Waals surface area contributed by atoms with Crippen molar-refractivity contribution in [3.05, 3.63) is 17.1 Å². The lowest BCUT2D eigenvalue weighted by molar-refractivity contribution is 0.731. The Hall–Kier alpha value is -1.34. The molecule has 98 valence electrons. The van der Waals surface area contributed by atoms with Crippen LogP contribution in [0.3, 0.4) is 0 Å². The van der Waals surface area contributed by atoms with Gasteiger partial charge in [0, 0.05) is 0 Å². The van der Waals surface area contributed by atoms with Gasteiger partial charge in [-0.05, 0) is 18.9 Å². The van der Waals surface area contributed by atoms with Crippen molar-refractivity contribution in [3.8, 4) is 11.5 Å². The van der Waals surface area contributed by atoms with Gasteiger partial charge >= 0.3 is 0 Å². The molecule has 2 N–H and O–H groups in total. The normalized spacial score (nSPS) is 11.9. The highest BCUT2D eigenvalue weighted by molar-refractivity contribution is 6.87. The van der Waals surface area contributed by atoms with Gasteiger partial charge in [0.25, 0.3) is 0 Å². The lowest BCUT2D eigenvalue weighted by atomic mass is 10.2. The molecule has 0 unspecified atom stereocenters. The average Bonchev–Trinajstić information content (AvgIpc) is 2.20. The van der Waals surface area contributed by atoms with Crippen molar-refractivity contribution in [2.45, 2.75) is 52.8 Å². The minimum absolute atomic E-state index is 0.238. The standard InChI is InChI=1S/C14H23N3Si/c1-10-11(2)17-13(15)12(16-10)8-9-18(6,7)14(3,4)5/h1-7H3,(H2,15,17). The summed E-state index contributed by atoms with van der Waals surface area (Å²) in [5, 5.41) is 0.238. The topological polar surface area (TPSA) is 51.8 Å². The molecule has 1 aromatic rings. The molecule has 0 bridgehead atoms. The van der Waals surface area contributed by atoms with Crippen LogP contribution in [0.25, 0.3) is 0 Å². The molecule has 0 saturated carbocycles. The molecule has 0 aliphatic rings. The van der Waals surface area contributed by atoms with E-state index in [9.17, 15) is 0 Å². The largest absolute Gasteiger partial charge is 0.381 e. The third-order valence-corrected chi connectivity index (χ3v) is 8.20. The molecule has 1 aromatic heterocycles. The van der Waals surface area contributed by atoms with Gasteiger partial charge in [-0.2, -0.15) is 0 Å². The zero-order valence-corrected chi connectivity index (χ0v) is 13.5. The second-order valence-electron chi connectivity index (χ2n) is 6.25. The van der Waals surface area contributed by atoms with E-state index in [1.54, 1.807) is 0 Å². The third-order valence-electron chi connectivity index (χ3n) is 3.70. The number of hydrogen-bond donors (Lipinski definition) is 1. The van der Waals surface area contributed by atoms with Crippen molar-refractivity contribution in [1.29, 1.82) is 0 Å². The van der Waals surface area contributed by atoms with Gasteiger partial charge in [-0.3, -0.25) is 0 Å². The number of aromatic nitrogens is 2. The van der Waals surface area contributed by atoms with E-state index in [0.717, 1.165) is 11.4 Å². The molecule has 0 aliphatic carbocycles. The Balaban J connectivity index is 3.18. The zero-order chi connectivity index (χ0) is 14.1. The molecule has 0 aliphatic heterocycles. The maximum atomic E-state index is 5.87. The summed E-state index contributed by atoms with van der Waals surface area (Å²) in [5.41, 5.74) is 11.6. The molecule has 0 atom stereocenters. The highest BCUT2D eigenvalue weighted by Gasteiger charge is 2.33. The summed E-state index contributed by atoms with van der Waals surface area (Å²) >= 11 is 0. The van der Waals surface area contributed by atoms with E-state index in [-0.39, 0.29) is 5.04 Å². The SMILES string of the molecule is Cc1nc(N)c(C#C[Si](C)(C)C(C)(C)C)nc1C. The number of nitrogens with two attached hydrogens (primary N) is 1. The van der Waals surface area contributed by atoms with Crippen LogP contribution < -0.4 is 5.73 Å². The van der Waals surface area contributed by atoms with Gasteiger partial charge in [0.15, 0.2) is 11.5 Å². The van der Waals surface area contributed by atoms with Gasteiger partial charge in [0.05, 0.1) is 11.4 Å². The highest BCUT2D eigenvalue weighted by atomic mass is 28.3. The van der Waals surface area contributed by atoms with E-state index in [0.29, 0.717) is 11.5 Å². The van der Waals surface area contributed by atoms with Gasteiger partial charge < -0.3 is 5.73 Å². The molecule has 1 heterocycles. The number of nitrogens with zero attached hydrogens (tertiary/aromatic N) is 2. The number of hydrogen-bond acceptors (Lipinski definition) is 3. The molecule has 0 aromatic carbocycles. The van der Waals surface area contributed by atoms with E-state index in [4.69, 9.17) is 5.73 Å². The molecule has 4 heteroatoms. The summed E-state index contributed by atoms with van der Waals surface area (Å²) in [7, 11) is -1.63. The minimum atomic E-state index is -1.63. The summed E-state index contributed by atoms with van der Waals surface area (Å²) in [6.07, 6.45) is 0. The van der Waals surface area contributed by atoms with E-state index in [1.165, 1.54) is 0 Å². The summed E-state index contributed by atoms with van der Waals surface area (Å²) in [4.78, 5) is 8.68. The number of rotatable bonds is 0. The quantitative estimate of drug-likeness (QED) is 0.577. The van der Waals surface area contributed by atoms with Crippen molar-refractivity contribution in [2.24, 2.45) is 0 Å². The molecule has 0 radical (unpaired) electrons. The summed E-state index contributed by atoms with van der Waals surface area (Å²) in [5.74, 6) is 3.58. The van der Waals surface area contributed by atoms with Crippen LogP contribution in [-0.4, -0.2) is 18.0 Å². The Kier molecular flexibility index (Phi) is 3.87. The molecular formula is C14H23N3Si. The van der Waals surface area contributed by atoms with Crippen LogP contribution in [0.2, 0.25) is 18.1 Å². The molecule has 0 saturated heterocycles. The maximum absolute atomic E-state index is 5.87. The summed E-state index contributed by atoms with van der Waals surface area (Å²) < 4.78 is 0. The van der Waals surface area contributed by atoms with Gasteiger partial charge in [-0.15, -0.1) is 5.54 Å². The van der Waals surface area contributed by atoms with E-state index in [1.807, 2.05) is 13.8 Å². The number of nitrogen functional groups attached to an aromatic ring is 1. The van der Waals surface area contributed by atoms with Crippen molar-refractivity contribution in [2.75, 3.05) is 5.73 Å². The van der Waals surface area contributed by atoms with E-state index in [2.05, 4.69) is 55.3 Å².